The highest BCUT2D eigenvalue weighted by molar-refractivity contribution is 5.95. The Morgan fingerprint density at radius 1 is 1.05 bits per heavy atom. The molecule has 2 aromatic carbocycles. The summed E-state index contributed by atoms with van der Waals surface area (Å²) in [5.74, 6) is -0.314. The summed E-state index contributed by atoms with van der Waals surface area (Å²) in [6.07, 6.45) is 1.85. The summed E-state index contributed by atoms with van der Waals surface area (Å²) in [6, 6.07) is 17.9. The maximum absolute atomic E-state index is 12.5. The number of hydrogen-bond donors (Lipinski definition) is 1. The SMILES string of the molecule is O=C(c1ccccc1)N1N=CCC1(O)c1ccccc1. The Morgan fingerprint density at radius 3 is 2.30 bits per heavy atom. The summed E-state index contributed by atoms with van der Waals surface area (Å²) in [7, 11) is 0. The summed E-state index contributed by atoms with van der Waals surface area (Å²) in [4.78, 5) is 12.5. The van der Waals surface area contributed by atoms with Gasteiger partial charge >= 0.3 is 0 Å². The lowest BCUT2D eigenvalue weighted by atomic mass is 9.99. The second-order valence-electron chi connectivity index (χ2n) is 4.67. The number of nitrogens with zero attached hydrogens (tertiary/aromatic N) is 2. The summed E-state index contributed by atoms with van der Waals surface area (Å²) in [6.45, 7) is 0. The second kappa shape index (κ2) is 4.90. The second-order valence-corrected chi connectivity index (χ2v) is 4.67. The number of amides is 1. The molecule has 2 aromatic rings. The van der Waals surface area contributed by atoms with Crippen LogP contribution in [0.3, 0.4) is 0 Å². The van der Waals surface area contributed by atoms with Crippen molar-refractivity contribution in [2.75, 3.05) is 0 Å². The van der Waals surface area contributed by atoms with E-state index in [1.165, 1.54) is 0 Å². The number of benzene rings is 2. The highest BCUT2D eigenvalue weighted by atomic mass is 16.3. The van der Waals surface area contributed by atoms with Crippen LogP contribution >= 0.6 is 0 Å². The van der Waals surface area contributed by atoms with Gasteiger partial charge in [-0.3, -0.25) is 4.79 Å². The van der Waals surface area contributed by atoms with E-state index in [4.69, 9.17) is 0 Å². The van der Waals surface area contributed by atoms with Gasteiger partial charge in [0.2, 0.25) is 0 Å². The van der Waals surface area contributed by atoms with E-state index >= 15 is 0 Å². The van der Waals surface area contributed by atoms with E-state index in [2.05, 4.69) is 5.10 Å². The first-order chi connectivity index (χ1) is 9.72. The predicted octanol–water partition coefficient (Wildman–Crippen LogP) is 2.36. The van der Waals surface area contributed by atoms with Crippen molar-refractivity contribution in [2.24, 2.45) is 5.10 Å². The van der Waals surface area contributed by atoms with E-state index in [1.54, 1.807) is 42.6 Å². The molecule has 100 valence electrons. The van der Waals surface area contributed by atoms with Gasteiger partial charge in [0.15, 0.2) is 5.72 Å². The van der Waals surface area contributed by atoms with Crippen LogP contribution in [0.4, 0.5) is 0 Å². The van der Waals surface area contributed by atoms with Crippen molar-refractivity contribution >= 4 is 12.1 Å². The molecular formula is C16H14N2O2. The molecular weight excluding hydrogens is 252 g/mol. The standard InChI is InChI=1S/C16H14N2O2/c19-15(13-7-3-1-4-8-13)18-16(20,11-12-17-18)14-9-5-2-6-10-14/h1-10,12,20H,11H2. The van der Waals surface area contributed by atoms with Crippen molar-refractivity contribution in [1.82, 2.24) is 5.01 Å². The molecule has 1 atom stereocenters. The largest absolute Gasteiger partial charge is 0.365 e. The highest BCUT2D eigenvalue weighted by Gasteiger charge is 2.42. The van der Waals surface area contributed by atoms with Crippen molar-refractivity contribution in [3.05, 3.63) is 71.8 Å². The molecule has 1 amide bonds. The van der Waals surface area contributed by atoms with E-state index in [1.807, 2.05) is 24.3 Å². The molecule has 1 unspecified atom stereocenters. The van der Waals surface area contributed by atoms with Gasteiger partial charge in [0, 0.05) is 23.8 Å². The maximum Gasteiger partial charge on any atom is 0.276 e. The Bertz CT molecular complexity index is 640. The number of aliphatic hydroxyl groups is 1. The van der Waals surface area contributed by atoms with Gasteiger partial charge in [0.25, 0.3) is 5.91 Å². The molecule has 1 aliphatic rings. The zero-order valence-electron chi connectivity index (χ0n) is 10.8. The fourth-order valence-corrected chi connectivity index (χ4v) is 2.30. The van der Waals surface area contributed by atoms with Gasteiger partial charge in [-0.05, 0) is 12.1 Å². The topological polar surface area (TPSA) is 52.9 Å². The predicted molar refractivity (Wildman–Crippen MR) is 76.1 cm³/mol. The van der Waals surface area contributed by atoms with Gasteiger partial charge < -0.3 is 5.11 Å². The van der Waals surface area contributed by atoms with E-state index in [-0.39, 0.29) is 12.3 Å². The molecule has 0 saturated heterocycles. The number of carbonyl (C=O) groups is 1. The van der Waals surface area contributed by atoms with Crippen molar-refractivity contribution < 1.29 is 9.90 Å². The van der Waals surface area contributed by atoms with Gasteiger partial charge in [-0.15, -0.1) is 0 Å². The quantitative estimate of drug-likeness (QED) is 0.907. The van der Waals surface area contributed by atoms with Crippen LogP contribution in [0.25, 0.3) is 0 Å². The number of hydrogen-bond acceptors (Lipinski definition) is 3. The third-order valence-corrected chi connectivity index (χ3v) is 3.37. The van der Waals surface area contributed by atoms with Gasteiger partial charge in [0.1, 0.15) is 0 Å². The lowest BCUT2D eigenvalue weighted by molar-refractivity contribution is -0.0764. The minimum atomic E-state index is -1.41. The van der Waals surface area contributed by atoms with Crippen LogP contribution in [0.5, 0.6) is 0 Å². The Morgan fingerprint density at radius 2 is 1.65 bits per heavy atom. The molecule has 4 heteroatoms. The number of hydrazone groups is 1. The van der Waals surface area contributed by atoms with Crippen LogP contribution in [-0.2, 0) is 5.72 Å². The minimum Gasteiger partial charge on any atom is -0.365 e. The monoisotopic (exact) mass is 266 g/mol. The van der Waals surface area contributed by atoms with E-state index in [0.717, 1.165) is 5.01 Å². The molecule has 1 N–H and O–H groups in total. The number of carbonyl (C=O) groups excluding carboxylic acids is 1. The van der Waals surface area contributed by atoms with Gasteiger partial charge in [-0.1, -0.05) is 48.5 Å². The first-order valence-electron chi connectivity index (χ1n) is 6.42. The van der Waals surface area contributed by atoms with Crippen LogP contribution < -0.4 is 0 Å². The summed E-state index contributed by atoms with van der Waals surface area (Å²) in [5, 5.41) is 16.0. The van der Waals surface area contributed by atoms with E-state index in [9.17, 15) is 9.90 Å². The zero-order chi connectivity index (χ0) is 14.0. The third kappa shape index (κ3) is 2.00. The lowest BCUT2D eigenvalue weighted by Gasteiger charge is -2.31. The first-order valence-corrected chi connectivity index (χ1v) is 6.42. The normalized spacial score (nSPS) is 21.1. The molecule has 0 radical (unpaired) electrons. The Kier molecular flexibility index (Phi) is 3.08. The van der Waals surface area contributed by atoms with Crippen molar-refractivity contribution in [1.29, 1.82) is 0 Å². The molecule has 0 aromatic heterocycles. The Labute approximate surface area is 117 Å². The van der Waals surface area contributed by atoms with Crippen LogP contribution in [0.2, 0.25) is 0 Å². The highest BCUT2D eigenvalue weighted by Crippen LogP contribution is 2.33. The molecule has 0 bridgehead atoms. The fraction of sp³-hybridized carbons (Fsp3) is 0.125. The average molecular weight is 266 g/mol. The van der Waals surface area contributed by atoms with E-state index in [0.29, 0.717) is 11.1 Å². The summed E-state index contributed by atoms with van der Waals surface area (Å²) in [5.41, 5.74) is -0.253. The summed E-state index contributed by atoms with van der Waals surface area (Å²) < 4.78 is 0. The average Bonchev–Trinajstić information content (AvgIpc) is 2.91. The molecule has 1 aliphatic heterocycles. The molecule has 20 heavy (non-hydrogen) atoms. The molecule has 0 saturated carbocycles. The molecule has 3 rings (SSSR count). The third-order valence-electron chi connectivity index (χ3n) is 3.37. The maximum atomic E-state index is 12.5. The Balaban J connectivity index is 1.97. The molecule has 1 heterocycles. The van der Waals surface area contributed by atoms with Crippen molar-refractivity contribution in [2.45, 2.75) is 12.1 Å². The van der Waals surface area contributed by atoms with E-state index < -0.39 is 5.72 Å². The van der Waals surface area contributed by atoms with Gasteiger partial charge in [0.05, 0.1) is 0 Å². The first kappa shape index (κ1) is 12.6. The summed E-state index contributed by atoms with van der Waals surface area (Å²) >= 11 is 0. The molecule has 0 aliphatic carbocycles. The fourth-order valence-electron chi connectivity index (χ4n) is 2.30. The number of rotatable bonds is 2. The van der Waals surface area contributed by atoms with Crippen LogP contribution in [-0.4, -0.2) is 22.2 Å². The van der Waals surface area contributed by atoms with Crippen molar-refractivity contribution in [3.63, 3.8) is 0 Å². The smallest absolute Gasteiger partial charge is 0.276 e. The van der Waals surface area contributed by atoms with Crippen LogP contribution in [0.15, 0.2) is 65.8 Å². The zero-order valence-corrected chi connectivity index (χ0v) is 10.8. The van der Waals surface area contributed by atoms with Crippen LogP contribution in [0.1, 0.15) is 22.3 Å². The lowest BCUT2D eigenvalue weighted by Crippen LogP contribution is -2.43. The molecule has 0 fully saturated rings. The Hall–Kier alpha value is -2.46. The molecule has 0 spiro atoms. The molecule has 4 nitrogen and oxygen atoms in total. The van der Waals surface area contributed by atoms with Crippen LogP contribution in [0, 0.1) is 0 Å². The minimum absolute atomic E-state index is 0.287. The van der Waals surface area contributed by atoms with Gasteiger partial charge in [-0.2, -0.15) is 10.1 Å². The van der Waals surface area contributed by atoms with Crippen molar-refractivity contribution in [3.8, 4) is 0 Å². The van der Waals surface area contributed by atoms with Gasteiger partial charge in [-0.25, -0.2) is 0 Å².